The summed E-state index contributed by atoms with van der Waals surface area (Å²) in [4.78, 5) is 0. The minimum absolute atomic E-state index is 0.885. The normalized spacial score (nSPS) is 17.1. The Labute approximate surface area is 81.0 Å². The summed E-state index contributed by atoms with van der Waals surface area (Å²) in [5.41, 5.74) is 4.60. The quantitative estimate of drug-likeness (QED) is 0.639. The first kappa shape index (κ1) is 8.80. The maximum absolute atomic E-state index is 2.35. The molecule has 1 saturated carbocycles. The molecule has 0 amide bonds. The number of aryl methyl sites for hydroxylation is 2. The third kappa shape index (κ3) is 1.63. The Balaban J connectivity index is 2.32. The van der Waals surface area contributed by atoms with Crippen LogP contribution in [-0.2, 0) is 6.42 Å². The third-order valence-corrected chi connectivity index (χ3v) is 3.22. The molecule has 0 radical (unpaired) electrons. The van der Waals surface area contributed by atoms with Gasteiger partial charge in [0.1, 0.15) is 0 Å². The van der Waals surface area contributed by atoms with Gasteiger partial charge in [0.15, 0.2) is 0 Å². The van der Waals surface area contributed by atoms with Crippen LogP contribution in [0.3, 0.4) is 0 Å². The number of rotatable bonds is 2. The van der Waals surface area contributed by atoms with Crippen LogP contribution in [0.15, 0.2) is 18.2 Å². The molecule has 1 aromatic rings. The molecule has 1 aliphatic rings. The Kier molecular flexibility index (Phi) is 2.39. The summed E-state index contributed by atoms with van der Waals surface area (Å²) in [6, 6.07) is 6.96. The molecule has 13 heavy (non-hydrogen) atoms. The molecule has 70 valence electrons. The van der Waals surface area contributed by atoms with E-state index in [2.05, 4.69) is 32.0 Å². The van der Waals surface area contributed by atoms with E-state index in [0.29, 0.717) is 0 Å². The van der Waals surface area contributed by atoms with Gasteiger partial charge in [-0.1, -0.05) is 37.1 Å². The van der Waals surface area contributed by atoms with Crippen molar-refractivity contribution in [3.63, 3.8) is 0 Å². The highest BCUT2D eigenvalue weighted by atomic mass is 14.3. The van der Waals surface area contributed by atoms with Gasteiger partial charge in [-0.05, 0) is 43.2 Å². The van der Waals surface area contributed by atoms with Gasteiger partial charge in [-0.15, -0.1) is 0 Å². The van der Waals surface area contributed by atoms with Crippen molar-refractivity contribution in [2.75, 3.05) is 0 Å². The molecule has 1 fully saturated rings. The second-order valence-electron chi connectivity index (χ2n) is 4.18. The predicted octanol–water partition coefficient (Wildman–Crippen LogP) is 3.82. The van der Waals surface area contributed by atoms with Gasteiger partial charge in [0.25, 0.3) is 0 Å². The van der Waals surface area contributed by atoms with E-state index in [9.17, 15) is 0 Å². The maximum atomic E-state index is 2.35. The number of hydrogen-bond acceptors (Lipinski definition) is 0. The van der Waals surface area contributed by atoms with Crippen LogP contribution in [0.4, 0.5) is 0 Å². The van der Waals surface area contributed by atoms with Crippen molar-refractivity contribution in [2.24, 2.45) is 0 Å². The molecule has 0 aliphatic heterocycles. The highest BCUT2D eigenvalue weighted by Crippen LogP contribution is 2.38. The lowest BCUT2D eigenvalue weighted by Gasteiger charge is -2.28. The molecule has 0 heterocycles. The average Bonchev–Trinajstić information content (AvgIpc) is 2.05. The van der Waals surface area contributed by atoms with Gasteiger partial charge in [0.2, 0.25) is 0 Å². The van der Waals surface area contributed by atoms with Crippen LogP contribution >= 0.6 is 0 Å². The Morgan fingerprint density at radius 2 is 2.08 bits per heavy atom. The van der Waals surface area contributed by atoms with Gasteiger partial charge in [0.05, 0.1) is 0 Å². The van der Waals surface area contributed by atoms with Crippen LogP contribution in [0.5, 0.6) is 0 Å². The lowest BCUT2D eigenvalue weighted by molar-refractivity contribution is 0.417. The van der Waals surface area contributed by atoms with Gasteiger partial charge < -0.3 is 0 Å². The highest BCUT2D eigenvalue weighted by Gasteiger charge is 2.21. The largest absolute Gasteiger partial charge is 0.0613 e. The van der Waals surface area contributed by atoms with E-state index < -0.39 is 0 Å². The Morgan fingerprint density at radius 3 is 2.62 bits per heavy atom. The van der Waals surface area contributed by atoms with Crippen molar-refractivity contribution in [3.05, 3.63) is 34.9 Å². The zero-order valence-corrected chi connectivity index (χ0v) is 8.64. The van der Waals surface area contributed by atoms with Crippen LogP contribution in [0.2, 0.25) is 0 Å². The van der Waals surface area contributed by atoms with Gasteiger partial charge >= 0.3 is 0 Å². The van der Waals surface area contributed by atoms with E-state index in [1.807, 2.05) is 0 Å². The fourth-order valence-corrected chi connectivity index (χ4v) is 2.16. The van der Waals surface area contributed by atoms with Crippen molar-refractivity contribution < 1.29 is 0 Å². The summed E-state index contributed by atoms with van der Waals surface area (Å²) >= 11 is 0. The zero-order valence-electron chi connectivity index (χ0n) is 8.64. The van der Waals surface area contributed by atoms with Gasteiger partial charge in [0, 0.05) is 0 Å². The summed E-state index contributed by atoms with van der Waals surface area (Å²) in [6.07, 6.45) is 5.45. The van der Waals surface area contributed by atoms with Gasteiger partial charge in [-0.25, -0.2) is 0 Å². The third-order valence-electron chi connectivity index (χ3n) is 3.22. The minimum Gasteiger partial charge on any atom is -0.0613 e. The number of benzene rings is 1. The van der Waals surface area contributed by atoms with Crippen LogP contribution in [0.25, 0.3) is 0 Å². The summed E-state index contributed by atoms with van der Waals surface area (Å²) in [5.74, 6) is 0.885. The lowest BCUT2D eigenvalue weighted by Crippen LogP contribution is -2.11. The molecule has 0 spiro atoms. The standard InChI is InChI=1S/C13H18/c1-3-11-9-10(2)7-8-13(11)12-5-4-6-12/h7-9,12H,3-6H2,1-2H3. The molecule has 0 bridgehead atoms. The van der Waals surface area contributed by atoms with Crippen molar-refractivity contribution in [1.82, 2.24) is 0 Å². The average molecular weight is 174 g/mol. The minimum atomic E-state index is 0.885. The SMILES string of the molecule is CCc1cc(C)ccc1C1CCC1. The predicted molar refractivity (Wildman–Crippen MR) is 57.1 cm³/mol. The van der Waals surface area contributed by atoms with Crippen molar-refractivity contribution >= 4 is 0 Å². The molecular weight excluding hydrogens is 156 g/mol. The van der Waals surface area contributed by atoms with Crippen LogP contribution in [0, 0.1) is 6.92 Å². The van der Waals surface area contributed by atoms with Crippen molar-refractivity contribution in [1.29, 1.82) is 0 Å². The maximum Gasteiger partial charge on any atom is -0.0159 e. The van der Waals surface area contributed by atoms with E-state index in [0.717, 1.165) is 5.92 Å². The second kappa shape index (κ2) is 3.53. The van der Waals surface area contributed by atoms with E-state index in [1.165, 1.54) is 31.2 Å². The first-order chi connectivity index (χ1) is 6.31. The fraction of sp³-hybridized carbons (Fsp3) is 0.538. The lowest BCUT2D eigenvalue weighted by atomic mass is 9.77. The van der Waals surface area contributed by atoms with Gasteiger partial charge in [-0.2, -0.15) is 0 Å². The molecule has 0 unspecified atom stereocenters. The van der Waals surface area contributed by atoms with E-state index in [1.54, 1.807) is 11.1 Å². The van der Waals surface area contributed by atoms with E-state index >= 15 is 0 Å². The van der Waals surface area contributed by atoms with Crippen LogP contribution in [-0.4, -0.2) is 0 Å². The Morgan fingerprint density at radius 1 is 1.31 bits per heavy atom. The van der Waals surface area contributed by atoms with Crippen molar-refractivity contribution in [2.45, 2.75) is 45.4 Å². The van der Waals surface area contributed by atoms with Crippen molar-refractivity contribution in [3.8, 4) is 0 Å². The highest BCUT2D eigenvalue weighted by molar-refractivity contribution is 5.35. The first-order valence-electron chi connectivity index (χ1n) is 5.40. The Hall–Kier alpha value is -0.780. The Bertz CT molecular complexity index is 295. The molecule has 2 rings (SSSR count). The van der Waals surface area contributed by atoms with Crippen LogP contribution in [0.1, 0.15) is 48.8 Å². The molecule has 0 saturated heterocycles. The summed E-state index contributed by atoms with van der Waals surface area (Å²) in [7, 11) is 0. The summed E-state index contributed by atoms with van der Waals surface area (Å²) < 4.78 is 0. The fourth-order valence-electron chi connectivity index (χ4n) is 2.16. The molecule has 1 aliphatic carbocycles. The summed E-state index contributed by atoms with van der Waals surface area (Å²) in [6.45, 7) is 4.45. The molecule has 0 heteroatoms. The topological polar surface area (TPSA) is 0 Å². The molecule has 0 atom stereocenters. The smallest absolute Gasteiger partial charge is 0.0159 e. The monoisotopic (exact) mass is 174 g/mol. The number of hydrogen-bond donors (Lipinski definition) is 0. The zero-order chi connectivity index (χ0) is 9.26. The molecule has 0 nitrogen and oxygen atoms in total. The molecular formula is C13H18. The molecule has 0 N–H and O–H groups in total. The second-order valence-corrected chi connectivity index (χ2v) is 4.18. The van der Waals surface area contributed by atoms with Gasteiger partial charge in [-0.3, -0.25) is 0 Å². The molecule has 0 aromatic heterocycles. The van der Waals surface area contributed by atoms with Crippen LogP contribution < -0.4 is 0 Å². The molecule has 1 aromatic carbocycles. The van der Waals surface area contributed by atoms with E-state index in [-0.39, 0.29) is 0 Å². The van der Waals surface area contributed by atoms with E-state index in [4.69, 9.17) is 0 Å². The first-order valence-corrected chi connectivity index (χ1v) is 5.40. The summed E-state index contributed by atoms with van der Waals surface area (Å²) in [5, 5.41) is 0.